The molecule has 22 heavy (non-hydrogen) atoms. The molecule has 0 unspecified atom stereocenters. The molecule has 0 aromatic heterocycles. The highest BCUT2D eigenvalue weighted by Gasteiger charge is 2.17. The van der Waals surface area contributed by atoms with Crippen molar-refractivity contribution < 1.29 is 14.3 Å². The smallest absolute Gasteiger partial charge is 0.265 e. The number of rotatable bonds is 5. The molecule has 0 aliphatic heterocycles. The van der Waals surface area contributed by atoms with Crippen LogP contribution >= 0.6 is 22.6 Å². The number of para-hydroxylation sites is 1. The van der Waals surface area contributed by atoms with Gasteiger partial charge in [-0.05, 0) is 72.8 Å². The Bertz CT molecular complexity index is 683. The van der Waals surface area contributed by atoms with E-state index in [1.807, 2.05) is 24.3 Å². The molecule has 5 heteroatoms. The van der Waals surface area contributed by atoms with E-state index in [0.29, 0.717) is 17.0 Å². The van der Waals surface area contributed by atoms with Gasteiger partial charge in [-0.15, -0.1) is 0 Å². The van der Waals surface area contributed by atoms with Gasteiger partial charge in [-0.3, -0.25) is 9.59 Å². The predicted molar refractivity (Wildman–Crippen MR) is 94.3 cm³/mol. The van der Waals surface area contributed by atoms with Crippen LogP contribution in [0.3, 0.4) is 0 Å². The Labute approximate surface area is 143 Å². The number of hydrogen-bond acceptors (Lipinski definition) is 3. The third kappa shape index (κ3) is 4.30. The molecule has 2 rings (SSSR count). The summed E-state index contributed by atoms with van der Waals surface area (Å²) in [6, 6.07) is 14.4. The normalized spacial score (nSPS) is 11.6. The van der Waals surface area contributed by atoms with Crippen molar-refractivity contribution in [3.8, 4) is 5.75 Å². The predicted octanol–water partition coefficient (Wildman–Crippen LogP) is 3.90. The molecular weight excluding hydrogens is 393 g/mol. The molecule has 0 heterocycles. The second kappa shape index (κ2) is 7.40. The van der Waals surface area contributed by atoms with Gasteiger partial charge in [0.15, 0.2) is 11.9 Å². The van der Waals surface area contributed by atoms with E-state index >= 15 is 0 Å². The fourth-order valence-corrected chi connectivity index (χ4v) is 2.26. The molecular formula is C17H16INO3. The van der Waals surface area contributed by atoms with E-state index in [-0.39, 0.29) is 11.7 Å². The number of anilines is 1. The van der Waals surface area contributed by atoms with Crippen LogP contribution in [-0.4, -0.2) is 17.8 Å². The molecule has 2 aromatic rings. The number of Topliss-reactive ketones (excluding diaryl/α,β-unsaturated/α-hetero) is 1. The van der Waals surface area contributed by atoms with E-state index in [0.717, 1.165) is 3.57 Å². The Hall–Kier alpha value is -1.89. The highest BCUT2D eigenvalue weighted by atomic mass is 127. The summed E-state index contributed by atoms with van der Waals surface area (Å²) in [6.45, 7) is 3.14. The molecule has 0 spiro atoms. The molecule has 0 bridgehead atoms. The van der Waals surface area contributed by atoms with Gasteiger partial charge in [0.05, 0.1) is 5.69 Å². The van der Waals surface area contributed by atoms with Crippen molar-refractivity contribution in [3.05, 3.63) is 57.7 Å². The van der Waals surface area contributed by atoms with Gasteiger partial charge < -0.3 is 10.1 Å². The lowest BCUT2D eigenvalue weighted by molar-refractivity contribution is -0.122. The van der Waals surface area contributed by atoms with E-state index in [1.165, 1.54) is 6.92 Å². The maximum Gasteiger partial charge on any atom is 0.265 e. The Morgan fingerprint density at radius 2 is 1.73 bits per heavy atom. The largest absolute Gasteiger partial charge is 0.481 e. The summed E-state index contributed by atoms with van der Waals surface area (Å²) in [6.07, 6.45) is -0.667. The van der Waals surface area contributed by atoms with Crippen LogP contribution in [0.2, 0.25) is 0 Å². The Balaban J connectivity index is 2.05. The van der Waals surface area contributed by atoms with Crippen LogP contribution in [0.15, 0.2) is 48.5 Å². The second-order valence-corrected chi connectivity index (χ2v) is 6.05. The molecule has 1 atom stereocenters. The molecule has 0 aliphatic carbocycles. The van der Waals surface area contributed by atoms with Crippen LogP contribution in [0.1, 0.15) is 24.2 Å². The standard InChI is InChI=1S/C17H16INO3/c1-11(20)15-5-3-4-6-16(15)19-17(21)12(2)22-14-9-7-13(18)8-10-14/h3-10,12H,1-2H3,(H,19,21)/t12-/m1/s1. The van der Waals surface area contributed by atoms with Crippen LogP contribution in [0.4, 0.5) is 5.69 Å². The number of nitrogens with one attached hydrogen (secondary N) is 1. The lowest BCUT2D eigenvalue weighted by Gasteiger charge is -2.16. The van der Waals surface area contributed by atoms with Crippen molar-refractivity contribution in [2.24, 2.45) is 0 Å². The monoisotopic (exact) mass is 409 g/mol. The average Bonchev–Trinajstić information content (AvgIpc) is 2.49. The number of carbonyl (C=O) groups excluding carboxylic acids is 2. The van der Waals surface area contributed by atoms with Crippen molar-refractivity contribution in [3.63, 3.8) is 0 Å². The molecule has 0 saturated carbocycles. The van der Waals surface area contributed by atoms with Gasteiger partial charge in [-0.25, -0.2) is 0 Å². The number of amides is 1. The zero-order chi connectivity index (χ0) is 16.1. The van der Waals surface area contributed by atoms with Crippen LogP contribution < -0.4 is 10.1 Å². The maximum atomic E-state index is 12.2. The lowest BCUT2D eigenvalue weighted by Crippen LogP contribution is -2.30. The van der Waals surface area contributed by atoms with Crippen molar-refractivity contribution in [1.82, 2.24) is 0 Å². The molecule has 1 amide bonds. The molecule has 0 saturated heterocycles. The quantitative estimate of drug-likeness (QED) is 0.602. The first-order valence-corrected chi connectivity index (χ1v) is 7.88. The third-order valence-electron chi connectivity index (χ3n) is 3.06. The van der Waals surface area contributed by atoms with Crippen LogP contribution in [0.25, 0.3) is 0 Å². The highest BCUT2D eigenvalue weighted by Crippen LogP contribution is 2.18. The Kier molecular flexibility index (Phi) is 5.54. The average molecular weight is 409 g/mol. The Morgan fingerprint density at radius 1 is 1.09 bits per heavy atom. The zero-order valence-corrected chi connectivity index (χ0v) is 14.5. The van der Waals surface area contributed by atoms with Crippen molar-refractivity contribution in [2.75, 3.05) is 5.32 Å². The van der Waals surface area contributed by atoms with Gasteiger partial charge in [0, 0.05) is 9.13 Å². The summed E-state index contributed by atoms with van der Waals surface area (Å²) < 4.78 is 6.70. The number of ether oxygens (including phenoxy) is 1. The van der Waals surface area contributed by atoms with Crippen molar-refractivity contribution >= 4 is 40.0 Å². The summed E-state index contributed by atoms with van der Waals surface area (Å²) >= 11 is 2.20. The number of benzene rings is 2. The third-order valence-corrected chi connectivity index (χ3v) is 3.78. The molecule has 4 nitrogen and oxygen atoms in total. The Morgan fingerprint density at radius 3 is 2.36 bits per heavy atom. The number of hydrogen-bond donors (Lipinski definition) is 1. The first kappa shape index (κ1) is 16.5. The van der Waals surface area contributed by atoms with E-state index < -0.39 is 6.10 Å². The summed E-state index contributed by atoms with van der Waals surface area (Å²) in [5.41, 5.74) is 0.982. The minimum atomic E-state index is -0.667. The molecule has 0 fully saturated rings. The minimum absolute atomic E-state index is 0.0953. The molecule has 0 aliphatic rings. The van der Waals surface area contributed by atoms with E-state index in [4.69, 9.17) is 4.74 Å². The minimum Gasteiger partial charge on any atom is -0.481 e. The number of ketones is 1. The van der Waals surface area contributed by atoms with Crippen molar-refractivity contribution in [1.29, 1.82) is 0 Å². The van der Waals surface area contributed by atoms with Gasteiger partial charge in [0.1, 0.15) is 5.75 Å². The lowest BCUT2D eigenvalue weighted by atomic mass is 10.1. The topological polar surface area (TPSA) is 55.4 Å². The fourth-order valence-electron chi connectivity index (χ4n) is 1.90. The second-order valence-electron chi connectivity index (χ2n) is 4.81. The van der Waals surface area contributed by atoms with E-state index in [1.54, 1.807) is 31.2 Å². The number of halogens is 1. The van der Waals surface area contributed by atoms with Gasteiger partial charge in [0.2, 0.25) is 0 Å². The molecule has 1 N–H and O–H groups in total. The number of carbonyl (C=O) groups is 2. The van der Waals surface area contributed by atoms with Gasteiger partial charge in [-0.2, -0.15) is 0 Å². The van der Waals surface area contributed by atoms with E-state index in [2.05, 4.69) is 27.9 Å². The van der Waals surface area contributed by atoms with Crippen molar-refractivity contribution in [2.45, 2.75) is 20.0 Å². The summed E-state index contributed by atoms with van der Waals surface area (Å²) in [5, 5.41) is 2.74. The summed E-state index contributed by atoms with van der Waals surface area (Å²) in [4.78, 5) is 23.8. The van der Waals surface area contributed by atoms with Crippen LogP contribution in [-0.2, 0) is 4.79 Å². The zero-order valence-electron chi connectivity index (χ0n) is 12.3. The first-order valence-electron chi connectivity index (χ1n) is 6.80. The molecule has 114 valence electrons. The fraction of sp³-hybridized carbons (Fsp3) is 0.176. The maximum absolute atomic E-state index is 12.2. The van der Waals surface area contributed by atoms with Gasteiger partial charge >= 0.3 is 0 Å². The molecule has 0 radical (unpaired) electrons. The first-order chi connectivity index (χ1) is 10.5. The molecule has 2 aromatic carbocycles. The van der Waals surface area contributed by atoms with Gasteiger partial charge in [0.25, 0.3) is 5.91 Å². The van der Waals surface area contributed by atoms with Crippen LogP contribution in [0, 0.1) is 3.57 Å². The van der Waals surface area contributed by atoms with E-state index in [9.17, 15) is 9.59 Å². The van der Waals surface area contributed by atoms with Gasteiger partial charge in [-0.1, -0.05) is 12.1 Å². The highest BCUT2D eigenvalue weighted by molar-refractivity contribution is 14.1. The summed E-state index contributed by atoms with van der Waals surface area (Å²) in [7, 11) is 0. The van der Waals surface area contributed by atoms with Crippen LogP contribution in [0.5, 0.6) is 5.75 Å². The SMILES string of the molecule is CC(=O)c1ccccc1NC(=O)[C@@H](C)Oc1ccc(I)cc1. The summed E-state index contributed by atoms with van der Waals surface area (Å²) in [5.74, 6) is 0.234.